The average Bonchev–Trinajstić information content (AvgIpc) is 3.11. The van der Waals surface area contributed by atoms with Gasteiger partial charge in [-0.05, 0) is 30.9 Å². The molecule has 0 radical (unpaired) electrons. The highest BCUT2D eigenvalue weighted by Gasteiger charge is 2.23. The number of nitrogens with one attached hydrogen (secondary N) is 2. The summed E-state index contributed by atoms with van der Waals surface area (Å²) in [5, 5.41) is 0. The van der Waals surface area contributed by atoms with E-state index in [9.17, 15) is 4.79 Å². The molecule has 116 valence electrons. The lowest BCUT2D eigenvalue weighted by Gasteiger charge is -2.14. The molecule has 5 nitrogen and oxygen atoms in total. The molecule has 0 aliphatic carbocycles. The number of fused-ring (bicyclic) bond motifs is 1. The summed E-state index contributed by atoms with van der Waals surface area (Å²) < 4.78 is 0. The molecule has 3 heterocycles. The van der Waals surface area contributed by atoms with Gasteiger partial charge in [-0.1, -0.05) is 13.8 Å². The molecule has 1 saturated heterocycles. The molecule has 6 heteroatoms. The Hall–Kier alpha value is -1.27. The largest absolute Gasteiger partial charge is 0.355 e. The van der Waals surface area contributed by atoms with Crippen LogP contribution in [0.25, 0.3) is 11.0 Å². The van der Waals surface area contributed by atoms with Crippen LogP contribution in [0.5, 0.6) is 0 Å². The van der Waals surface area contributed by atoms with Crippen LogP contribution in [0, 0.1) is 5.92 Å². The van der Waals surface area contributed by atoms with E-state index in [1.807, 2.05) is 31.8 Å². The van der Waals surface area contributed by atoms with Gasteiger partial charge >= 0.3 is 0 Å². The average molecular weight is 308 g/mol. The van der Waals surface area contributed by atoms with Gasteiger partial charge in [-0.2, -0.15) is 11.8 Å². The van der Waals surface area contributed by atoms with Crippen LogP contribution < -0.4 is 5.56 Å². The number of aromatic amines is 2. The van der Waals surface area contributed by atoms with Crippen molar-refractivity contribution in [3.8, 4) is 0 Å². The van der Waals surface area contributed by atoms with Gasteiger partial charge in [-0.15, -0.1) is 0 Å². The molecule has 2 aromatic heterocycles. The summed E-state index contributed by atoms with van der Waals surface area (Å²) >= 11 is 1.92. The smallest absolute Gasteiger partial charge is 0.275 e. The van der Waals surface area contributed by atoms with Gasteiger partial charge in [0.05, 0.1) is 11.8 Å². The molecule has 0 aromatic carbocycles. The maximum absolute atomic E-state index is 11.6. The second kappa shape index (κ2) is 7.66. The van der Waals surface area contributed by atoms with Crippen molar-refractivity contribution in [1.29, 1.82) is 0 Å². The van der Waals surface area contributed by atoms with Crippen molar-refractivity contribution in [2.45, 2.75) is 26.8 Å². The van der Waals surface area contributed by atoms with Gasteiger partial charge in [-0.25, -0.2) is 4.98 Å². The highest BCUT2D eigenvalue weighted by molar-refractivity contribution is 7.98. The van der Waals surface area contributed by atoms with Gasteiger partial charge < -0.3 is 9.97 Å². The number of thioether (sulfide) groups is 1. The first-order chi connectivity index (χ1) is 10.3. The van der Waals surface area contributed by atoms with E-state index in [2.05, 4.69) is 26.1 Å². The molecule has 2 N–H and O–H groups in total. The molecule has 3 rings (SSSR count). The first-order valence-electron chi connectivity index (χ1n) is 7.53. The summed E-state index contributed by atoms with van der Waals surface area (Å²) in [5.41, 5.74) is 2.40. The van der Waals surface area contributed by atoms with E-state index in [0.717, 1.165) is 36.6 Å². The lowest BCUT2D eigenvalue weighted by molar-refractivity contribution is 0.322. The summed E-state index contributed by atoms with van der Waals surface area (Å²) in [6.45, 7) is 7.17. The summed E-state index contributed by atoms with van der Waals surface area (Å²) in [7, 11) is 0. The number of hydrogen-bond acceptors (Lipinski definition) is 4. The van der Waals surface area contributed by atoms with E-state index in [4.69, 9.17) is 0 Å². The third-order valence-electron chi connectivity index (χ3n) is 3.71. The van der Waals surface area contributed by atoms with Gasteiger partial charge in [0.25, 0.3) is 5.56 Å². The zero-order valence-electron chi connectivity index (χ0n) is 13.0. The Kier molecular flexibility index (Phi) is 5.87. The molecule has 1 aliphatic heterocycles. The molecule has 2 aromatic rings. The Morgan fingerprint density at radius 1 is 1.43 bits per heavy atom. The van der Waals surface area contributed by atoms with Crippen LogP contribution in [0.2, 0.25) is 0 Å². The number of hydrogen-bond donors (Lipinski definition) is 2. The fraction of sp³-hybridized carbons (Fsp3) is 0.600. The number of aromatic nitrogens is 3. The quantitative estimate of drug-likeness (QED) is 0.910. The fourth-order valence-corrected chi connectivity index (χ4v) is 3.54. The molecule has 0 unspecified atom stereocenters. The Labute approximate surface area is 129 Å². The van der Waals surface area contributed by atoms with Gasteiger partial charge in [-0.3, -0.25) is 9.69 Å². The van der Waals surface area contributed by atoms with Crippen LogP contribution in [-0.4, -0.2) is 44.9 Å². The van der Waals surface area contributed by atoms with Crippen LogP contribution in [-0.2, 0) is 6.54 Å². The van der Waals surface area contributed by atoms with Gasteiger partial charge in [0.15, 0.2) is 0 Å². The monoisotopic (exact) mass is 308 g/mol. The van der Waals surface area contributed by atoms with Crippen LogP contribution in [0.15, 0.2) is 17.3 Å². The third-order valence-corrected chi connectivity index (χ3v) is 4.52. The SMILES string of the molecule is CC.CSC[C@@H]1CCN(Cc2c[nH]c3c(=O)[nH]cnc23)C1. The molecule has 1 atom stereocenters. The van der Waals surface area contributed by atoms with E-state index in [-0.39, 0.29) is 5.56 Å². The topological polar surface area (TPSA) is 64.8 Å². The lowest BCUT2D eigenvalue weighted by Crippen LogP contribution is -2.20. The number of H-pyrrole nitrogens is 2. The van der Waals surface area contributed by atoms with E-state index in [0.29, 0.717) is 5.52 Å². The molecule has 1 fully saturated rings. The molecular weight excluding hydrogens is 284 g/mol. The standard InChI is InChI=1S/C13H18N4OS.C2H6/c1-19-7-9-2-3-17(5-9)6-10-4-14-12-11(10)15-8-16-13(12)18;1-2/h4,8-9,14H,2-3,5-7H2,1H3,(H,15,16,18);1-2H3/t9-;/m1./s1. The summed E-state index contributed by atoms with van der Waals surface area (Å²) in [6.07, 6.45) is 6.83. The van der Waals surface area contributed by atoms with Crippen molar-refractivity contribution >= 4 is 22.8 Å². The van der Waals surface area contributed by atoms with Crippen molar-refractivity contribution < 1.29 is 0 Å². The minimum Gasteiger partial charge on any atom is -0.355 e. The Morgan fingerprint density at radius 2 is 2.24 bits per heavy atom. The van der Waals surface area contributed by atoms with Crippen LogP contribution >= 0.6 is 11.8 Å². The highest BCUT2D eigenvalue weighted by atomic mass is 32.2. The van der Waals surface area contributed by atoms with Crippen molar-refractivity contribution in [2.24, 2.45) is 5.92 Å². The second-order valence-electron chi connectivity index (χ2n) is 5.11. The normalized spacial score (nSPS) is 18.7. The summed E-state index contributed by atoms with van der Waals surface area (Å²) in [6, 6.07) is 0. The van der Waals surface area contributed by atoms with E-state index in [1.165, 1.54) is 18.5 Å². The second-order valence-corrected chi connectivity index (χ2v) is 6.03. The maximum Gasteiger partial charge on any atom is 0.275 e. The van der Waals surface area contributed by atoms with Crippen molar-refractivity contribution in [3.63, 3.8) is 0 Å². The first-order valence-corrected chi connectivity index (χ1v) is 8.92. The third kappa shape index (κ3) is 3.68. The Balaban J connectivity index is 0.000000774. The van der Waals surface area contributed by atoms with Gasteiger partial charge in [0.1, 0.15) is 5.52 Å². The molecule has 0 amide bonds. The Bertz CT molecular complexity index is 621. The minimum atomic E-state index is -0.0991. The summed E-state index contributed by atoms with van der Waals surface area (Å²) in [4.78, 5) is 24.0. The zero-order chi connectivity index (χ0) is 15.2. The highest BCUT2D eigenvalue weighted by Crippen LogP contribution is 2.23. The minimum absolute atomic E-state index is 0.0991. The molecule has 0 spiro atoms. The lowest BCUT2D eigenvalue weighted by atomic mass is 10.2. The fourth-order valence-electron chi connectivity index (χ4n) is 2.79. The van der Waals surface area contributed by atoms with Crippen molar-refractivity contribution in [3.05, 3.63) is 28.4 Å². The molecule has 1 aliphatic rings. The molecular formula is C15H24N4OS. The van der Waals surface area contributed by atoms with Gasteiger partial charge in [0, 0.05) is 24.8 Å². The van der Waals surface area contributed by atoms with Crippen LogP contribution in [0.1, 0.15) is 25.8 Å². The van der Waals surface area contributed by atoms with E-state index in [1.54, 1.807) is 0 Å². The van der Waals surface area contributed by atoms with Crippen molar-refractivity contribution in [1.82, 2.24) is 19.9 Å². The van der Waals surface area contributed by atoms with E-state index >= 15 is 0 Å². The predicted molar refractivity (Wildman–Crippen MR) is 89.8 cm³/mol. The molecule has 0 bridgehead atoms. The predicted octanol–water partition coefficient (Wildman–Crippen LogP) is 2.46. The van der Waals surface area contributed by atoms with Crippen LogP contribution in [0.3, 0.4) is 0 Å². The first kappa shape index (κ1) is 16.1. The number of rotatable bonds is 4. The number of nitrogens with zero attached hydrogens (tertiary/aromatic N) is 2. The van der Waals surface area contributed by atoms with E-state index < -0.39 is 0 Å². The van der Waals surface area contributed by atoms with Crippen molar-refractivity contribution in [2.75, 3.05) is 25.1 Å². The van der Waals surface area contributed by atoms with Gasteiger partial charge in [0.2, 0.25) is 0 Å². The molecule has 21 heavy (non-hydrogen) atoms. The number of likely N-dealkylation sites (tertiary alicyclic amines) is 1. The maximum atomic E-state index is 11.6. The summed E-state index contributed by atoms with van der Waals surface area (Å²) in [5.74, 6) is 2.04. The zero-order valence-corrected chi connectivity index (χ0v) is 13.8. The van der Waals surface area contributed by atoms with Crippen LogP contribution in [0.4, 0.5) is 0 Å². The Morgan fingerprint density at radius 3 is 3.00 bits per heavy atom. The molecule has 0 saturated carbocycles.